The van der Waals surface area contributed by atoms with Gasteiger partial charge in [0.05, 0.1) is 22.3 Å². The number of carbonyl (C=O) groups is 1. The van der Waals surface area contributed by atoms with Crippen molar-refractivity contribution in [1.82, 2.24) is 10.3 Å². The number of aromatic nitrogens is 1. The van der Waals surface area contributed by atoms with Crippen molar-refractivity contribution in [3.05, 3.63) is 24.0 Å². The lowest BCUT2D eigenvalue weighted by Crippen LogP contribution is -2.57. The highest BCUT2D eigenvalue weighted by atomic mass is 32.1. The van der Waals surface area contributed by atoms with E-state index in [4.69, 9.17) is 18.0 Å². The third-order valence-corrected chi connectivity index (χ3v) is 3.97. The van der Waals surface area contributed by atoms with Gasteiger partial charge in [-0.15, -0.1) is 0 Å². The van der Waals surface area contributed by atoms with E-state index in [1.807, 2.05) is 0 Å². The van der Waals surface area contributed by atoms with Crippen molar-refractivity contribution in [2.75, 3.05) is 0 Å². The molecule has 5 nitrogen and oxygen atoms in total. The average molecular weight is 279 g/mol. The van der Waals surface area contributed by atoms with Crippen molar-refractivity contribution in [1.29, 1.82) is 0 Å². The Hall–Kier alpha value is -1.69. The maximum absolute atomic E-state index is 12.2. The zero-order valence-corrected chi connectivity index (χ0v) is 11.4. The second-order valence-corrected chi connectivity index (χ2v) is 5.29. The van der Waals surface area contributed by atoms with Gasteiger partial charge in [-0.3, -0.25) is 9.78 Å². The Labute approximate surface area is 117 Å². The molecule has 1 aromatic heterocycles. The van der Waals surface area contributed by atoms with Crippen LogP contribution in [0.2, 0.25) is 0 Å². The van der Waals surface area contributed by atoms with Crippen LogP contribution in [0.25, 0.3) is 0 Å². The molecule has 2 rings (SSSR count). The Bertz CT molecular complexity index is 498. The molecule has 0 aromatic carbocycles. The van der Waals surface area contributed by atoms with Crippen LogP contribution in [0.15, 0.2) is 18.5 Å². The molecule has 19 heavy (non-hydrogen) atoms. The number of hydrogen-bond acceptors (Lipinski definition) is 4. The van der Waals surface area contributed by atoms with Gasteiger partial charge in [0.15, 0.2) is 0 Å². The summed E-state index contributed by atoms with van der Waals surface area (Å²) in [5.74, 6) is -0.511. The standard InChI is InChI=1S/C13H17N3O2S/c14-12(19)13(5-2-1-3-6-13)16-11(18)9-4-7-15-8-10(9)17/h4,7-8,17H,1-3,5-6H2,(H2,14,19)(H,16,18). The van der Waals surface area contributed by atoms with Crippen LogP contribution in [0.1, 0.15) is 42.5 Å². The van der Waals surface area contributed by atoms with Gasteiger partial charge in [0, 0.05) is 6.20 Å². The lowest BCUT2D eigenvalue weighted by molar-refractivity contribution is 0.0905. The third-order valence-electron chi connectivity index (χ3n) is 3.58. The number of carbonyl (C=O) groups excluding carboxylic acids is 1. The van der Waals surface area contributed by atoms with Crippen LogP contribution in [0.5, 0.6) is 5.75 Å². The summed E-state index contributed by atoms with van der Waals surface area (Å²) < 4.78 is 0. The molecular formula is C13H17N3O2S. The minimum absolute atomic E-state index is 0.145. The van der Waals surface area contributed by atoms with E-state index in [1.54, 1.807) is 0 Å². The summed E-state index contributed by atoms with van der Waals surface area (Å²) in [5, 5.41) is 12.5. The number of hydrogen-bond donors (Lipinski definition) is 3. The first-order chi connectivity index (χ1) is 9.05. The number of aromatic hydroxyl groups is 1. The minimum atomic E-state index is -0.625. The van der Waals surface area contributed by atoms with Gasteiger partial charge in [0.1, 0.15) is 5.75 Å². The molecule has 1 aliphatic rings. The van der Waals surface area contributed by atoms with Gasteiger partial charge in [0.25, 0.3) is 5.91 Å². The van der Waals surface area contributed by atoms with E-state index in [-0.39, 0.29) is 17.2 Å². The second-order valence-electron chi connectivity index (χ2n) is 4.85. The molecule has 0 unspecified atom stereocenters. The van der Waals surface area contributed by atoms with Crippen LogP contribution in [0.3, 0.4) is 0 Å². The van der Waals surface area contributed by atoms with E-state index in [0.29, 0.717) is 4.99 Å². The quantitative estimate of drug-likeness (QED) is 0.730. The molecule has 0 saturated heterocycles. The molecule has 0 spiro atoms. The molecule has 1 aliphatic carbocycles. The molecule has 1 amide bonds. The molecule has 1 saturated carbocycles. The van der Waals surface area contributed by atoms with Gasteiger partial charge in [0.2, 0.25) is 0 Å². The highest BCUT2D eigenvalue weighted by molar-refractivity contribution is 7.80. The van der Waals surface area contributed by atoms with Crippen LogP contribution >= 0.6 is 12.2 Å². The van der Waals surface area contributed by atoms with Gasteiger partial charge in [-0.1, -0.05) is 31.5 Å². The molecule has 1 fully saturated rings. The van der Waals surface area contributed by atoms with Crippen molar-refractivity contribution in [3.63, 3.8) is 0 Å². The zero-order chi connectivity index (χ0) is 13.9. The van der Waals surface area contributed by atoms with E-state index >= 15 is 0 Å². The number of thiocarbonyl (C=S) groups is 1. The summed E-state index contributed by atoms with van der Waals surface area (Å²) in [6, 6.07) is 1.47. The molecule has 1 aromatic rings. The van der Waals surface area contributed by atoms with E-state index in [9.17, 15) is 9.90 Å². The summed E-state index contributed by atoms with van der Waals surface area (Å²) in [6.07, 6.45) is 7.30. The predicted octanol–water partition coefficient (Wildman–Crippen LogP) is 1.51. The van der Waals surface area contributed by atoms with Crippen LogP contribution in [0, 0.1) is 0 Å². The molecule has 102 valence electrons. The fourth-order valence-corrected chi connectivity index (χ4v) is 2.71. The second kappa shape index (κ2) is 5.52. The number of rotatable bonds is 3. The Morgan fingerprint density at radius 1 is 1.42 bits per heavy atom. The monoisotopic (exact) mass is 279 g/mol. The molecule has 0 bridgehead atoms. The van der Waals surface area contributed by atoms with E-state index < -0.39 is 5.54 Å². The van der Waals surface area contributed by atoms with Gasteiger partial charge < -0.3 is 16.2 Å². The zero-order valence-electron chi connectivity index (χ0n) is 10.6. The normalized spacial score (nSPS) is 17.7. The molecular weight excluding hydrogens is 262 g/mol. The van der Waals surface area contributed by atoms with E-state index in [0.717, 1.165) is 32.1 Å². The topological polar surface area (TPSA) is 88.2 Å². The summed E-state index contributed by atoms with van der Waals surface area (Å²) in [4.78, 5) is 16.3. The van der Waals surface area contributed by atoms with E-state index in [1.165, 1.54) is 18.5 Å². The van der Waals surface area contributed by atoms with Gasteiger partial charge in [-0.05, 0) is 18.9 Å². The fraction of sp³-hybridized carbons (Fsp3) is 0.462. The highest BCUT2D eigenvalue weighted by Gasteiger charge is 2.37. The third kappa shape index (κ3) is 2.84. The van der Waals surface area contributed by atoms with Gasteiger partial charge >= 0.3 is 0 Å². The minimum Gasteiger partial charge on any atom is -0.505 e. The van der Waals surface area contributed by atoms with Crippen LogP contribution in [-0.2, 0) is 0 Å². The Morgan fingerprint density at radius 3 is 2.68 bits per heavy atom. The molecule has 6 heteroatoms. The van der Waals surface area contributed by atoms with Crippen molar-refractivity contribution in [2.24, 2.45) is 5.73 Å². The van der Waals surface area contributed by atoms with Crippen LogP contribution in [0.4, 0.5) is 0 Å². The predicted molar refractivity (Wildman–Crippen MR) is 76.0 cm³/mol. The Morgan fingerprint density at radius 2 is 2.11 bits per heavy atom. The van der Waals surface area contributed by atoms with Crippen molar-refractivity contribution >= 4 is 23.1 Å². The largest absolute Gasteiger partial charge is 0.505 e. The number of nitrogens with zero attached hydrogens (tertiary/aromatic N) is 1. The first kappa shape index (κ1) is 13.7. The average Bonchev–Trinajstić information content (AvgIpc) is 2.40. The number of amides is 1. The summed E-state index contributed by atoms with van der Waals surface area (Å²) >= 11 is 5.12. The van der Waals surface area contributed by atoms with Gasteiger partial charge in [-0.25, -0.2) is 0 Å². The number of pyridine rings is 1. The molecule has 1 heterocycles. The lowest BCUT2D eigenvalue weighted by atomic mass is 9.81. The first-order valence-corrected chi connectivity index (χ1v) is 6.71. The van der Waals surface area contributed by atoms with Crippen molar-refractivity contribution in [3.8, 4) is 5.75 Å². The van der Waals surface area contributed by atoms with Crippen LogP contribution in [-0.4, -0.2) is 26.5 Å². The molecule has 0 atom stereocenters. The summed E-state index contributed by atoms with van der Waals surface area (Å²) in [7, 11) is 0. The first-order valence-electron chi connectivity index (χ1n) is 6.30. The fourth-order valence-electron chi connectivity index (χ4n) is 2.45. The summed E-state index contributed by atoms with van der Waals surface area (Å²) in [6.45, 7) is 0. The number of nitrogens with one attached hydrogen (secondary N) is 1. The highest BCUT2D eigenvalue weighted by Crippen LogP contribution is 2.29. The maximum atomic E-state index is 12.2. The molecule has 0 aliphatic heterocycles. The Kier molecular flexibility index (Phi) is 3.99. The molecule has 4 N–H and O–H groups in total. The van der Waals surface area contributed by atoms with Crippen molar-refractivity contribution < 1.29 is 9.90 Å². The SMILES string of the molecule is NC(=S)C1(NC(=O)c2ccncc2O)CCCCC1. The molecule has 0 radical (unpaired) electrons. The Balaban J connectivity index is 2.20. The smallest absolute Gasteiger partial charge is 0.255 e. The van der Waals surface area contributed by atoms with Crippen LogP contribution < -0.4 is 11.1 Å². The van der Waals surface area contributed by atoms with E-state index in [2.05, 4.69) is 10.3 Å². The maximum Gasteiger partial charge on any atom is 0.255 e. The lowest BCUT2D eigenvalue weighted by Gasteiger charge is -2.37. The summed E-state index contributed by atoms with van der Waals surface area (Å²) in [5.41, 5.74) is 5.37. The van der Waals surface area contributed by atoms with Gasteiger partial charge in [-0.2, -0.15) is 0 Å². The van der Waals surface area contributed by atoms with Crippen molar-refractivity contribution in [2.45, 2.75) is 37.6 Å². The number of nitrogens with two attached hydrogens (primary N) is 1.